The van der Waals surface area contributed by atoms with E-state index in [9.17, 15) is 4.79 Å². The molecule has 1 atom stereocenters. The molecule has 0 aromatic carbocycles. The van der Waals surface area contributed by atoms with Crippen molar-refractivity contribution in [3.63, 3.8) is 0 Å². The SMILES string of the molecule is CCC1CCCCCN1CCCCCC(=O)O. The van der Waals surface area contributed by atoms with Gasteiger partial charge in [-0.3, -0.25) is 4.79 Å². The summed E-state index contributed by atoms with van der Waals surface area (Å²) in [6, 6.07) is 0.775. The number of rotatable bonds is 7. The first kappa shape index (κ1) is 14.5. The van der Waals surface area contributed by atoms with Crippen LogP contribution in [0.15, 0.2) is 0 Å². The first-order valence-electron chi connectivity index (χ1n) is 7.20. The number of hydrogen-bond donors (Lipinski definition) is 1. The highest BCUT2D eigenvalue weighted by Crippen LogP contribution is 2.19. The molecule has 100 valence electrons. The fourth-order valence-electron chi connectivity index (χ4n) is 2.76. The largest absolute Gasteiger partial charge is 0.481 e. The van der Waals surface area contributed by atoms with Crippen LogP contribution in [0.25, 0.3) is 0 Å². The number of carboxylic acids is 1. The minimum atomic E-state index is -0.661. The number of carboxylic acid groups (broad SMARTS) is 1. The summed E-state index contributed by atoms with van der Waals surface area (Å²) in [6.45, 7) is 4.70. The van der Waals surface area contributed by atoms with Crippen LogP contribution in [-0.4, -0.2) is 35.1 Å². The molecule has 3 heteroatoms. The van der Waals surface area contributed by atoms with Crippen LogP contribution in [0.1, 0.15) is 64.7 Å². The van der Waals surface area contributed by atoms with Crippen LogP contribution in [-0.2, 0) is 4.79 Å². The third-order valence-corrected chi connectivity index (χ3v) is 3.81. The molecule has 0 aliphatic carbocycles. The van der Waals surface area contributed by atoms with Crippen LogP contribution in [0.4, 0.5) is 0 Å². The van der Waals surface area contributed by atoms with Crippen LogP contribution < -0.4 is 0 Å². The maximum absolute atomic E-state index is 10.4. The highest BCUT2D eigenvalue weighted by Gasteiger charge is 2.18. The maximum atomic E-state index is 10.4. The number of unbranched alkanes of at least 4 members (excludes halogenated alkanes) is 2. The van der Waals surface area contributed by atoms with Crippen molar-refractivity contribution in [2.45, 2.75) is 70.8 Å². The van der Waals surface area contributed by atoms with Crippen molar-refractivity contribution in [2.75, 3.05) is 13.1 Å². The summed E-state index contributed by atoms with van der Waals surface area (Å²) >= 11 is 0. The summed E-state index contributed by atoms with van der Waals surface area (Å²) in [6.07, 6.45) is 10.1. The van der Waals surface area contributed by atoms with Crippen LogP contribution in [0.5, 0.6) is 0 Å². The normalized spacial score (nSPS) is 22.3. The molecular weight excluding hydrogens is 214 g/mol. The standard InChI is InChI=1S/C14H27NO2/c1-2-13-9-5-3-7-11-15(13)12-8-4-6-10-14(16)17/h13H,2-12H2,1H3,(H,16,17). The van der Waals surface area contributed by atoms with Gasteiger partial charge in [-0.1, -0.05) is 26.2 Å². The van der Waals surface area contributed by atoms with Gasteiger partial charge in [0.15, 0.2) is 0 Å². The Balaban J connectivity index is 2.16. The summed E-state index contributed by atoms with van der Waals surface area (Å²) in [5.74, 6) is -0.661. The zero-order chi connectivity index (χ0) is 12.5. The van der Waals surface area contributed by atoms with Crippen LogP contribution in [0, 0.1) is 0 Å². The molecule has 0 aromatic heterocycles. The van der Waals surface area contributed by atoms with Gasteiger partial charge in [-0.15, -0.1) is 0 Å². The summed E-state index contributed by atoms with van der Waals surface area (Å²) in [5, 5.41) is 8.57. The second-order valence-corrected chi connectivity index (χ2v) is 5.15. The quantitative estimate of drug-likeness (QED) is 0.695. The topological polar surface area (TPSA) is 40.5 Å². The fraction of sp³-hybridized carbons (Fsp3) is 0.929. The Morgan fingerprint density at radius 3 is 2.76 bits per heavy atom. The Morgan fingerprint density at radius 1 is 1.24 bits per heavy atom. The monoisotopic (exact) mass is 241 g/mol. The molecule has 1 unspecified atom stereocenters. The van der Waals surface area contributed by atoms with E-state index < -0.39 is 5.97 Å². The molecule has 3 nitrogen and oxygen atoms in total. The van der Waals surface area contributed by atoms with Gasteiger partial charge in [-0.2, -0.15) is 0 Å². The van der Waals surface area contributed by atoms with Gasteiger partial charge >= 0.3 is 5.97 Å². The predicted octanol–water partition coefficient (Wildman–Crippen LogP) is 3.29. The molecule has 1 saturated heterocycles. The fourth-order valence-corrected chi connectivity index (χ4v) is 2.76. The van der Waals surface area contributed by atoms with E-state index in [4.69, 9.17) is 5.11 Å². The molecule has 0 aromatic rings. The van der Waals surface area contributed by atoms with E-state index in [-0.39, 0.29) is 0 Å². The average Bonchev–Trinajstić information content (AvgIpc) is 2.53. The summed E-state index contributed by atoms with van der Waals surface area (Å²) < 4.78 is 0. The Morgan fingerprint density at radius 2 is 2.06 bits per heavy atom. The molecule has 1 aliphatic heterocycles. The molecule has 1 aliphatic rings. The molecule has 1 rings (SSSR count). The second-order valence-electron chi connectivity index (χ2n) is 5.15. The smallest absolute Gasteiger partial charge is 0.303 e. The summed E-state index contributed by atoms with van der Waals surface area (Å²) in [7, 11) is 0. The molecular formula is C14H27NO2. The van der Waals surface area contributed by atoms with E-state index in [1.807, 2.05) is 0 Å². The maximum Gasteiger partial charge on any atom is 0.303 e. The molecule has 0 radical (unpaired) electrons. The zero-order valence-electron chi connectivity index (χ0n) is 11.2. The van der Waals surface area contributed by atoms with Gasteiger partial charge in [-0.05, 0) is 45.2 Å². The Hall–Kier alpha value is -0.570. The Kier molecular flexibility index (Phi) is 7.25. The molecule has 0 saturated carbocycles. The molecule has 1 heterocycles. The van der Waals surface area contributed by atoms with Crippen molar-refractivity contribution < 1.29 is 9.90 Å². The highest BCUT2D eigenvalue weighted by molar-refractivity contribution is 5.66. The highest BCUT2D eigenvalue weighted by atomic mass is 16.4. The van der Waals surface area contributed by atoms with E-state index in [1.54, 1.807) is 0 Å². The summed E-state index contributed by atoms with van der Waals surface area (Å²) in [4.78, 5) is 13.0. The molecule has 0 amide bonds. The van der Waals surface area contributed by atoms with Crippen LogP contribution >= 0.6 is 0 Å². The lowest BCUT2D eigenvalue weighted by Gasteiger charge is -2.29. The van der Waals surface area contributed by atoms with Gasteiger partial charge in [0.1, 0.15) is 0 Å². The minimum Gasteiger partial charge on any atom is -0.481 e. The number of nitrogens with zero attached hydrogens (tertiary/aromatic N) is 1. The van der Waals surface area contributed by atoms with Gasteiger partial charge in [0.2, 0.25) is 0 Å². The van der Waals surface area contributed by atoms with Crippen molar-refractivity contribution in [1.82, 2.24) is 4.90 Å². The molecule has 17 heavy (non-hydrogen) atoms. The average molecular weight is 241 g/mol. The third-order valence-electron chi connectivity index (χ3n) is 3.81. The number of hydrogen-bond acceptors (Lipinski definition) is 2. The van der Waals surface area contributed by atoms with Crippen molar-refractivity contribution in [1.29, 1.82) is 0 Å². The number of likely N-dealkylation sites (tertiary alicyclic amines) is 1. The first-order valence-corrected chi connectivity index (χ1v) is 7.20. The minimum absolute atomic E-state index is 0.331. The van der Waals surface area contributed by atoms with Gasteiger partial charge in [0.05, 0.1) is 0 Å². The molecule has 1 N–H and O–H groups in total. The lowest BCUT2D eigenvalue weighted by molar-refractivity contribution is -0.137. The van der Waals surface area contributed by atoms with Crippen molar-refractivity contribution in [3.8, 4) is 0 Å². The second kappa shape index (κ2) is 8.51. The van der Waals surface area contributed by atoms with Crippen LogP contribution in [0.3, 0.4) is 0 Å². The zero-order valence-corrected chi connectivity index (χ0v) is 11.2. The van der Waals surface area contributed by atoms with Gasteiger partial charge in [0.25, 0.3) is 0 Å². The Bertz CT molecular complexity index is 218. The van der Waals surface area contributed by atoms with Gasteiger partial charge in [0, 0.05) is 12.5 Å². The molecule has 0 bridgehead atoms. The number of carbonyl (C=O) groups is 1. The van der Waals surface area contributed by atoms with Gasteiger partial charge < -0.3 is 10.0 Å². The van der Waals surface area contributed by atoms with E-state index in [2.05, 4.69) is 11.8 Å². The number of aliphatic carboxylic acids is 1. The molecule has 1 fully saturated rings. The Labute approximate surface area is 105 Å². The van der Waals surface area contributed by atoms with Crippen molar-refractivity contribution in [3.05, 3.63) is 0 Å². The van der Waals surface area contributed by atoms with Crippen molar-refractivity contribution >= 4 is 5.97 Å². The summed E-state index contributed by atoms with van der Waals surface area (Å²) in [5.41, 5.74) is 0. The van der Waals surface area contributed by atoms with E-state index >= 15 is 0 Å². The van der Waals surface area contributed by atoms with Crippen molar-refractivity contribution in [2.24, 2.45) is 0 Å². The van der Waals surface area contributed by atoms with E-state index in [0.29, 0.717) is 6.42 Å². The molecule has 0 spiro atoms. The van der Waals surface area contributed by atoms with Crippen LogP contribution in [0.2, 0.25) is 0 Å². The predicted molar refractivity (Wildman–Crippen MR) is 70.2 cm³/mol. The van der Waals surface area contributed by atoms with E-state index in [1.165, 1.54) is 38.6 Å². The first-order chi connectivity index (χ1) is 8.24. The van der Waals surface area contributed by atoms with E-state index in [0.717, 1.165) is 31.8 Å². The van der Waals surface area contributed by atoms with Gasteiger partial charge in [-0.25, -0.2) is 0 Å². The lowest BCUT2D eigenvalue weighted by atomic mass is 10.1. The third kappa shape index (κ3) is 6.06. The lowest BCUT2D eigenvalue weighted by Crippen LogP contribution is -2.35.